The molecule has 0 saturated carbocycles. The molecule has 0 bridgehead atoms. The zero-order valence-electron chi connectivity index (χ0n) is 11.8. The van der Waals surface area contributed by atoms with Gasteiger partial charge in [0.1, 0.15) is 0 Å². The first-order valence-corrected chi connectivity index (χ1v) is 8.11. The molecule has 112 valence electrons. The van der Waals surface area contributed by atoms with Gasteiger partial charge >= 0.3 is 0 Å². The van der Waals surface area contributed by atoms with Gasteiger partial charge in [-0.15, -0.1) is 0 Å². The number of nitrogens with one attached hydrogen (secondary N) is 1. The largest absolute Gasteiger partial charge is 0.358 e. The van der Waals surface area contributed by atoms with E-state index in [-0.39, 0.29) is 23.9 Å². The van der Waals surface area contributed by atoms with Crippen molar-refractivity contribution in [2.75, 3.05) is 20.1 Å². The van der Waals surface area contributed by atoms with Crippen molar-refractivity contribution in [1.29, 1.82) is 0 Å². The van der Waals surface area contributed by atoms with Gasteiger partial charge in [0.05, 0.1) is 11.4 Å². The second kappa shape index (κ2) is 7.06. The molecule has 5 nitrogen and oxygen atoms in total. The van der Waals surface area contributed by atoms with Gasteiger partial charge in [0.2, 0.25) is 15.9 Å². The van der Waals surface area contributed by atoms with E-state index in [0.717, 1.165) is 0 Å². The maximum absolute atomic E-state index is 12.6. The Morgan fingerprint density at radius 2 is 2.05 bits per heavy atom. The van der Waals surface area contributed by atoms with E-state index in [1.165, 1.54) is 23.5 Å². The van der Waals surface area contributed by atoms with Gasteiger partial charge in [-0.1, -0.05) is 18.5 Å². The molecule has 0 spiro atoms. The predicted molar refractivity (Wildman–Crippen MR) is 79.3 cm³/mol. The molecule has 7 heteroatoms. The molecule has 1 rings (SSSR count). The SMILES string of the molecule is CCCN(CC(=O)NC)S(=O)(=O)c1ccc(Cl)cc1C. The van der Waals surface area contributed by atoms with Crippen LogP contribution in [-0.4, -0.2) is 38.8 Å². The number of amides is 1. The minimum atomic E-state index is -3.70. The third-order valence-corrected chi connectivity index (χ3v) is 5.07. The Kier molecular flexibility index (Phi) is 5.98. The van der Waals surface area contributed by atoms with Crippen LogP contribution in [0.3, 0.4) is 0 Å². The summed E-state index contributed by atoms with van der Waals surface area (Å²) < 4.78 is 26.4. The van der Waals surface area contributed by atoms with Gasteiger partial charge in [-0.25, -0.2) is 8.42 Å². The van der Waals surface area contributed by atoms with Crippen LogP contribution in [-0.2, 0) is 14.8 Å². The molecule has 1 aromatic carbocycles. The monoisotopic (exact) mass is 318 g/mol. The van der Waals surface area contributed by atoms with Gasteiger partial charge in [0, 0.05) is 18.6 Å². The van der Waals surface area contributed by atoms with E-state index in [1.807, 2.05) is 6.92 Å². The molecule has 0 heterocycles. The summed E-state index contributed by atoms with van der Waals surface area (Å²) in [5.74, 6) is -0.339. The summed E-state index contributed by atoms with van der Waals surface area (Å²) in [5.41, 5.74) is 0.565. The van der Waals surface area contributed by atoms with Crippen molar-refractivity contribution in [1.82, 2.24) is 9.62 Å². The summed E-state index contributed by atoms with van der Waals surface area (Å²) in [5, 5.41) is 2.92. The van der Waals surface area contributed by atoms with Gasteiger partial charge in [0.25, 0.3) is 0 Å². The number of carbonyl (C=O) groups is 1. The molecular weight excluding hydrogens is 300 g/mol. The number of hydrogen-bond donors (Lipinski definition) is 1. The molecule has 0 aliphatic heterocycles. The molecule has 0 atom stereocenters. The lowest BCUT2D eigenvalue weighted by molar-refractivity contribution is -0.120. The standard InChI is InChI=1S/C13H19ClN2O3S/c1-4-7-16(9-13(17)15-3)20(18,19)12-6-5-11(14)8-10(12)2/h5-6,8H,4,7,9H2,1-3H3,(H,15,17). The maximum atomic E-state index is 12.6. The number of rotatable bonds is 6. The Bertz CT molecular complexity index is 587. The highest BCUT2D eigenvalue weighted by Gasteiger charge is 2.27. The van der Waals surface area contributed by atoms with E-state index in [0.29, 0.717) is 17.0 Å². The number of halogens is 1. The minimum Gasteiger partial charge on any atom is -0.358 e. The van der Waals surface area contributed by atoms with Crippen molar-refractivity contribution in [3.63, 3.8) is 0 Å². The third-order valence-electron chi connectivity index (χ3n) is 2.83. The van der Waals surface area contributed by atoms with Crippen LogP contribution in [0.2, 0.25) is 5.02 Å². The Morgan fingerprint density at radius 3 is 2.55 bits per heavy atom. The van der Waals surface area contributed by atoms with Crippen LogP contribution in [0, 0.1) is 6.92 Å². The first kappa shape index (κ1) is 16.9. The molecule has 0 fully saturated rings. The van der Waals surface area contributed by atoms with E-state index in [9.17, 15) is 13.2 Å². The molecule has 1 amide bonds. The highest BCUT2D eigenvalue weighted by Crippen LogP contribution is 2.23. The average molecular weight is 319 g/mol. The number of nitrogens with zero attached hydrogens (tertiary/aromatic N) is 1. The Balaban J connectivity index is 3.18. The lowest BCUT2D eigenvalue weighted by Crippen LogP contribution is -2.40. The summed E-state index contributed by atoms with van der Waals surface area (Å²) >= 11 is 5.84. The van der Waals surface area contributed by atoms with Crippen LogP contribution in [0.4, 0.5) is 0 Å². The molecule has 1 N–H and O–H groups in total. The van der Waals surface area contributed by atoms with E-state index >= 15 is 0 Å². The molecule has 0 saturated heterocycles. The fraction of sp³-hybridized carbons (Fsp3) is 0.462. The molecule has 20 heavy (non-hydrogen) atoms. The number of carbonyl (C=O) groups excluding carboxylic acids is 1. The molecular formula is C13H19ClN2O3S. The minimum absolute atomic E-state index is 0.180. The van der Waals surface area contributed by atoms with Crippen LogP contribution >= 0.6 is 11.6 Å². The summed E-state index contributed by atoms with van der Waals surface area (Å²) in [7, 11) is -2.22. The van der Waals surface area contributed by atoms with E-state index < -0.39 is 10.0 Å². The van der Waals surface area contributed by atoms with Crippen molar-refractivity contribution in [3.8, 4) is 0 Å². The van der Waals surface area contributed by atoms with Gasteiger partial charge in [-0.05, 0) is 37.1 Å². The molecule has 0 unspecified atom stereocenters. The van der Waals surface area contributed by atoms with Crippen LogP contribution < -0.4 is 5.32 Å². The molecule has 0 aliphatic carbocycles. The van der Waals surface area contributed by atoms with Crippen LogP contribution in [0.25, 0.3) is 0 Å². The second-order valence-corrected chi connectivity index (χ2v) is 6.76. The molecule has 0 aromatic heterocycles. The maximum Gasteiger partial charge on any atom is 0.243 e. The first-order chi connectivity index (χ1) is 9.32. The summed E-state index contributed by atoms with van der Waals surface area (Å²) in [6.45, 7) is 3.65. The Hall–Kier alpha value is -1.11. The number of sulfonamides is 1. The number of benzene rings is 1. The van der Waals surface area contributed by atoms with Crippen molar-refractivity contribution in [3.05, 3.63) is 28.8 Å². The average Bonchev–Trinajstić information content (AvgIpc) is 2.37. The summed E-state index contributed by atoms with van der Waals surface area (Å²) in [4.78, 5) is 11.7. The molecule has 0 aliphatic rings. The van der Waals surface area contributed by atoms with Crippen molar-refractivity contribution in [2.24, 2.45) is 0 Å². The summed E-state index contributed by atoms with van der Waals surface area (Å²) in [6, 6.07) is 4.60. The lowest BCUT2D eigenvalue weighted by atomic mass is 10.2. The van der Waals surface area contributed by atoms with Crippen molar-refractivity contribution >= 4 is 27.5 Å². The highest BCUT2D eigenvalue weighted by molar-refractivity contribution is 7.89. The van der Waals surface area contributed by atoms with Crippen molar-refractivity contribution in [2.45, 2.75) is 25.2 Å². The normalized spacial score (nSPS) is 11.7. The first-order valence-electron chi connectivity index (χ1n) is 6.29. The second-order valence-electron chi connectivity index (χ2n) is 4.42. The van der Waals surface area contributed by atoms with Gasteiger partial charge in [-0.2, -0.15) is 4.31 Å². The fourth-order valence-corrected chi connectivity index (χ4v) is 3.73. The number of likely N-dealkylation sites (N-methyl/N-ethyl adjacent to an activating group) is 1. The van der Waals surface area contributed by atoms with Crippen LogP contribution in [0.5, 0.6) is 0 Å². The molecule has 0 radical (unpaired) electrons. The quantitative estimate of drug-likeness (QED) is 0.869. The molecule has 1 aromatic rings. The zero-order valence-corrected chi connectivity index (χ0v) is 13.4. The predicted octanol–water partition coefficient (Wildman–Crippen LogP) is 1.80. The topological polar surface area (TPSA) is 66.5 Å². The Labute approximate surface area is 125 Å². The fourth-order valence-electron chi connectivity index (χ4n) is 1.81. The van der Waals surface area contributed by atoms with Gasteiger partial charge < -0.3 is 5.32 Å². The van der Waals surface area contributed by atoms with Gasteiger partial charge in [-0.3, -0.25) is 4.79 Å². The smallest absolute Gasteiger partial charge is 0.243 e. The van der Waals surface area contributed by atoms with E-state index in [4.69, 9.17) is 11.6 Å². The van der Waals surface area contributed by atoms with Gasteiger partial charge in [0.15, 0.2) is 0 Å². The van der Waals surface area contributed by atoms with Crippen molar-refractivity contribution < 1.29 is 13.2 Å². The third kappa shape index (κ3) is 3.94. The summed E-state index contributed by atoms with van der Waals surface area (Å²) in [6.07, 6.45) is 0.628. The lowest BCUT2D eigenvalue weighted by Gasteiger charge is -2.21. The number of aryl methyl sites for hydroxylation is 1. The Morgan fingerprint density at radius 1 is 1.40 bits per heavy atom. The van der Waals surface area contributed by atoms with Crippen LogP contribution in [0.15, 0.2) is 23.1 Å². The van der Waals surface area contributed by atoms with E-state index in [2.05, 4.69) is 5.32 Å². The zero-order chi connectivity index (χ0) is 15.3. The van der Waals surface area contributed by atoms with Crippen LogP contribution in [0.1, 0.15) is 18.9 Å². The van der Waals surface area contributed by atoms with E-state index in [1.54, 1.807) is 13.0 Å². The highest BCUT2D eigenvalue weighted by atomic mass is 35.5. The number of hydrogen-bond acceptors (Lipinski definition) is 3.